The molecule has 2 aromatic rings. The number of nitrogens with zero attached hydrogens (tertiary/aromatic N) is 5. The fourth-order valence-corrected chi connectivity index (χ4v) is 2.31. The molecule has 21 heavy (non-hydrogen) atoms. The van der Waals surface area contributed by atoms with Gasteiger partial charge in [-0.2, -0.15) is 18.3 Å². The zero-order chi connectivity index (χ0) is 15.0. The number of halogens is 3. The van der Waals surface area contributed by atoms with Crippen LogP contribution >= 0.6 is 0 Å². The van der Waals surface area contributed by atoms with Gasteiger partial charge in [0.15, 0.2) is 0 Å². The first-order valence-corrected chi connectivity index (χ1v) is 6.50. The van der Waals surface area contributed by atoms with Crippen LogP contribution in [0.5, 0.6) is 0 Å². The van der Waals surface area contributed by atoms with Crippen LogP contribution < -0.4 is 5.69 Å². The molecule has 0 spiro atoms. The van der Waals surface area contributed by atoms with Gasteiger partial charge in [-0.25, -0.2) is 19.4 Å². The van der Waals surface area contributed by atoms with E-state index in [1.54, 1.807) is 4.57 Å². The van der Waals surface area contributed by atoms with Crippen LogP contribution in [0.2, 0.25) is 0 Å². The van der Waals surface area contributed by atoms with Crippen LogP contribution in [-0.2, 0) is 25.7 Å². The Kier molecular flexibility index (Phi) is 3.26. The molecule has 0 aromatic carbocycles. The highest BCUT2D eigenvalue weighted by Gasteiger charge is 2.34. The Morgan fingerprint density at radius 3 is 2.52 bits per heavy atom. The Balaban J connectivity index is 1.84. The number of fused-ring (bicyclic) bond motifs is 1. The summed E-state index contributed by atoms with van der Waals surface area (Å²) in [4.78, 5) is 18.6. The number of aromatic nitrogens is 5. The summed E-state index contributed by atoms with van der Waals surface area (Å²) in [5.74, 6) is -0.471. The highest BCUT2D eigenvalue weighted by molar-refractivity contribution is 5.07. The van der Waals surface area contributed by atoms with Gasteiger partial charge < -0.3 is 0 Å². The Bertz CT molecular complexity index is 701. The van der Waals surface area contributed by atoms with Crippen molar-refractivity contribution in [3.8, 4) is 0 Å². The maximum absolute atomic E-state index is 12.4. The van der Waals surface area contributed by atoms with E-state index in [2.05, 4.69) is 15.1 Å². The molecule has 1 aliphatic heterocycles. The Morgan fingerprint density at radius 1 is 1.19 bits per heavy atom. The Labute approximate surface area is 117 Å². The third-order valence-corrected chi connectivity index (χ3v) is 3.32. The van der Waals surface area contributed by atoms with Crippen molar-refractivity contribution < 1.29 is 13.2 Å². The van der Waals surface area contributed by atoms with E-state index in [0.29, 0.717) is 12.1 Å². The van der Waals surface area contributed by atoms with Crippen LogP contribution in [0.3, 0.4) is 0 Å². The summed E-state index contributed by atoms with van der Waals surface area (Å²) in [6.07, 6.45) is 0.234. The van der Waals surface area contributed by atoms with E-state index in [-0.39, 0.29) is 12.2 Å². The number of alkyl halides is 3. The topological polar surface area (TPSA) is 65.6 Å². The fourth-order valence-electron chi connectivity index (χ4n) is 2.31. The third-order valence-electron chi connectivity index (χ3n) is 3.32. The number of hydrogen-bond donors (Lipinski definition) is 0. The quantitative estimate of drug-likeness (QED) is 0.837. The average molecular weight is 299 g/mol. The second kappa shape index (κ2) is 4.97. The first-order valence-electron chi connectivity index (χ1n) is 6.50. The standard InChI is InChI=1S/C12H12F3N5O/c13-12(14,15)10-16-5-8(6-17-10)7-20-11(21)19-4-2-1-3-9(19)18-20/h5-6H,1-4,7H2. The van der Waals surface area contributed by atoms with E-state index in [1.807, 2.05) is 0 Å². The predicted molar refractivity (Wildman–Crippen MR) is 65.6 cm³/mol. The second-order valence-electron chi connectivity index (χ2n) is 4.88. The molecule has 9 heteroatoms. The van der Waals surface area contributed by atoms with Crippen LogP contribution in [0, 0.1) is 0 Å². The van der Waals surface area contributed by atoms with Gasteiger partial charge in [0.25, 0.3) is 0 Å². The van der Waals surface area contributed by atoms with E-state index in [4.69, 9.17) is 0 Å². The summed E-state index contributed by atoms with van der Waals surface area (Å²) in [5, 5.41) is 4.21. The molecule has 0 aliphatic carbocycles. The molecule has 3 heterocycles. The molecule has 1 aliphatic rings. The average Bonchev–Trinajstić information content (AvgIpc) is 2.76. The van der Waals surface area contributed by atoms with Gasteiger partial charge in [-0.15, -0.1) is 0 Å². The first-order chi connectivity index (χ1) is 9.95. The van der Waals surface area contributed by atoms with Crippen LogP contribution in [0.25, 0.3) is 0 Å². The van der Waals surface area contributed by atoms with Crippen LogP contribution in [0.1, 0.15) is 30.1 Å². The first kappa shape index (κ1) is 13.8. The fraction of sp³-hybridized carbons (Fsp3) is 0.500. The second-order valence-corrected chi connectivity index (χ2v) is 4.88. The van der Waals surface area contributed by atoms with Crippen molar-refractivity contribution in [2.75, 3.05) is 0 Å². The highest BCUT2D eigenvalue weighted by atomic mass is 19.4. The van der Waals surface area contributed by atoms with Crippen molar-refractivity contribution in [2.24, 2.45) is 0 Å². The minimum absolute atomic E-state index is 0.0664. The van der Waals surface area contributed by atoms with Gasteiger partial charge >= 0.3 is 11.9 Å². The smallest absolute Gasteiger partial charge is 0.279 e. The lowest BCUT2D eigenvalue weighted by Crippen LogP contribution is -2.27. The Hall–Kier alpha value is -2.19. The van der Waals surface area contributed by atoms with Crippen LogP contribution in [0.4, 0.5) is 13.2 Å². The van der Waals surface area contributed by atoms with E-state index in [9.17, 15) is 18.0 Å². The van der Waals surface area contributed by atoms with Gasteiger partial charge in [0.1, 0.15) is 5.82 Å². The lowest BCUT2D eigenvalue weighted by atomic mass is 10.2. The molecule has 0 bridgehead atoms. The van der Waals surface area contributed by atoms with Crippen molar-refractivity contribution in [1.82, 2.24) is 24.3 Å². The molecule has 0 fully saturated rings. The minimum Gasteiger partial charge on any atom is -0.279 e. The van der Waals surface area contributed by atoms with Gasteiger partial charge in [-0.1, -0.05) is 0 Å². The molecule has 0 amide bonds. The van der Waals surface area contributed by atoms with Crippen molar-refractivity contribution in [1.29, 1.82) is 0 Å². The highest BCUT2D eigenvalue weighted by Crippen LogP contribution is 2.25. The maximum Gasteiger partial charge on any atom is 0.451 e. The SMILES string of the molecule is O=c1n(Cc2cnc(C(F)(F)F)nc2)nc2n1CCCC2. The molecular weight excluding hydrogens is 287 g/mol. The summed E-state index contributed by atoms with van der Waals surface area (Å²) in [6.45, 7) is 0.703. The third kappa shape index (κ3) is 2.67. The molecule has 0 radical (unpaired) electrons. The van der Waals surface area contributed by atoms with E-state index in [1.165, 1.54) is 4.68 Å². The van der Waals surface area contributed by atoms with Crippen molar-refractivity contribution in [3.63, 3.8) is 0 Å². The van der Waals surface area contributed by atoms with Gasteiger partial charge in [0, 0.05) is 30.9 Å². The summed E-state index contributed by atoms with van der Waals surface area (Å²) in [5.41, 5.74) is 0.158. The van der Waals surface area contributed by atoms with E-state index in [0.717, 1.165) is 37.5 Å². The van der Waals surface area contributed by atoms with Gasteiger partial charge in [-0.05, 0) is 12.8 Å². The normalized spacial score (nSPS) is 15.0. The molecule has 0 unspecified atom stereocenters. The lowest BCUT2D eigenvalue weighted by Gasteiger charge is -2.09. The molecule has 6 nitrogen and oxygen atoms in total. The van der Waals surface area contributed by atoms with Crippen molar-refractivity contribution in [3.05, 3.63) is 40.1 Å². The molecule has 112 valence electrons. The van der Waals surface area contributed by atoms with Gasteiger partial charge in [-0.3, -0.25) is 4.57 Å². The molecule has 0 saturated heterocycles. The number of rotatable bonds is 2. The van der Waals surface area contributed by atoms with Crippen LogP contribution in [0.15, 0.2) is 17.2 Å². The molecule has 0 N–H and O–H groups in total. The van der Waals surface area contributed by atoms with E-state index < -0.39 is 12.0 Å². The Morgan fingerprint density at radius 2 is 1.90 bits per heavy atom. The summed E-state index contributed by atoms with van der Waals surface area (Å²) in [6, 6.07) is 0. The molecule has 3 rings (SSSR count). The summed E-state index contributed by atoms with van der Waals surface area (Å²) in [7, 11) is 0. The predicted octanol–water partition coefficient (Wildman–Crippen LogP) is 1.24. The molecular formula is C12H12F3N5O. The molecule has 0 atom stereocenters. The zero-order valence-corrected chi connectivity index (χ0v) is 11.0. The monoisotopic (exact) mass is 299 g/mol. The minimum atomic E-state index is -4.57. The van der Waals surface area contributed by atoms with Crippen molar-refractivity contribution in [2.45, 2.75) is 38.5 Å². The van der Waals surface area contributed by atoms with Crippen LogP contribution in [-0.4, -0.2) is 24.3 Å². The van der Waals surface area contributed by atoms with Gasteiger partial charge in [0.2, 0.25) is 5.82 Å². The van der Waals surface area contributed by atoms with E-state index >= 15 is 0 Å². The number of aryl methyl sites for hydroxylation is 1. The van der Waals surface area contributed by atoms with Gasteiger partial charge in [0.05, 0.1) is 6.54 Å². The zero-order valence-electron chi connectivity index (χ0n) is 11.0. The molecule has 2 aromatic heterocycles. The summed E-state index contributed by atoms with van der Waals surface area (Å²) >= 11 is 0. The largest absolute Gasteiger partial charge is 0.451 e. The number of hydrogen-bond acceptors (Lipinski definition) is 4. The maximum atomic E-state index is 12.4. The molecule has 0 saturated carbocycles. The lowest BCUT2D eigenvalue weighted by molar-refractivity contribution is -0.145. The summed E-state index contributed by atoms with van der Waals surface area (Å²) < 4.78 is 40.0. The van der Waals surface area contributed by atoms with Crippen molar-refractivity contribution >= 4 is 0 Å².